The Bertz CT molecular complexity index is 2380. The lowest BCUT2D eigenvalue weighted by atomic mass is 9.96. The third-order valence-electron chi connectivity index (χ3n) is 9.85. The first-order valence-electron chi connectivity index (χ1n) is 18.4. The minimum atomic E-state index is -0.745. The minimum Gasteiger partial charge on any atom is -0.481 e. The monoisotopic (exact) mass is 798 g/mol. The molecule has 2 fully saturated rings. The normalized spacial score (nSPS) is 16.7. The van der Waals surface area contributed by atoms with E-state index in [1.165, 1.54) is 15.5 Å². The Balaban J connectivity index is 1.15. The van der Waals surface area contributed by atoms with Gasteiger partial charge in [-0.25, -0.2) is 14.8 Å². The summed E-state index contributed by atoms with van der Waals surface area (Å²) in [5.74, 6) is 0.422. The highest BCUT2D eigenvalue weighted by atomic mass is 35.5. The first-order valence-corrected chi connectivity index (χ1v) is 19.2. The van der Waals surface area contributed by atoms with E-state index >= 15 is 0 Å². The molecule has 2 aliphatic heterocycles. The van der Waals surface area contributed by atoms with Crippen LogP contribution in [0.4, 0.5) is 4.79 Å². The molecule has 0 unspecified atom stereocenters. The van der Waals surface area contributed by atoms with E-state index in [2.05, 4.69) is 15.2 Å². The van der Waals surface area contributed by atoms with E-state index in [-0.39, 0.29) is 30.6 Å². The molecule has 14 heteroatoms. The number of aliphatic hydroxyl groups is 1. The maximum atomic E-state index is 13.8. The van der Waals surface area contributed by atoms with Crippen molar-refractivity contribution < 1.29 is 24.2 Å². The number of amides is 2. The first-order chi connectivity index (χ1) is 26.6. The second-order valence-corrected chi connectivity index (χ2v) is 16.5. The molecule has 2 N–H and O–H groups in total. The number of likely N-dealkylation sites (tertiary alicyclic amines) is 1. The number of aromatic nitrogens is 3. The number of fused-ring (bicyclic) bond motifs is 1. The van der Waals surface area contributed by atoms with Crippen LogP contribution in [0.5, 0.6) is 5.88 Å². The van der Waals surface area contributed by atoms with E-state index in [0.717, 1.165) is 22.3 Å². The smallest absolute Gasteiger partial charge is 0.410 e. The number of pyridine rings is 2. The number of nitrogens with zero attached hydrogens (tertiary/aromatic N) is 5. The SMILES string of the molecule is COc1nc(-c2cccc(-c3cccc(-c4ccn5c(=O)c(CN(C[C@@H]6CCC(=O)N6)C(=O)OC(C)(C)C)cnc5c4)c3Cl)c2Cl)ccc1CN1CC(C)(O)C1. The van der Waals surface area contributed by atoms with Crippen molar-refractivity contribution in [2.45, 2.75) is 70.9 Å². The number of halogens is 2. The van der Waals surface area contributed by atoms with E-state index in [1.54, 1.807) is 46.2 Å². The largest absolute Gasteiger partial charge is 0.481 e. The number of hydrogen-bond acceptors (Lipinski definition) is 9. The van der Waals surface area contributed by atoms with Crippen LogP contribution in [0.25, 0.3) is 39.2 Å². The van der Waals surface area contributed by atoms with E-state index in [0.29, 0.717) is 76.4 Å². The molecule has 56 heavy (non-hydrogen) atoms. The van der Waals surface area contributed by atoms with Crippen LogP contribution in [0.15, 0.2) is 77.9 Å². The standard InChI is InChI=1S/C42H44Cl2N6O6/c1-41(2,3)56-40(53)49(22-28-13-15-35(51)46-28)21-27-19-45-34-18-25(16-17-50(34)39(27)52)29-8-6-9-30(36(29)43)31-10-7-11-32(37(31)44)33-14-12-26(38(47-33)55-5)20-48-23-42(4,54)24-48/h6-12,14,16-19,28,54H,13,15,20-24H2,1-5H3,(H,46,51)/t28-/m0/s1. The highest BCUT2D eigenvalue weighted by molar-refractivity contribution is 6.39. The molecule has 5 heterocycles. The van der Waals surface area contributed by atoms with E-state index in [1.807, 2.05) is 55.5 Å². The molecule has 3 aromatic heterocycles. The fourth-order valence-corrected chi connectivity index (χ4v) is 7.95. The van der Waals surface area contributed by atoms with Gasteiger partial charge in [0.2, 0.25) is 11.8 Å². The zero-order valence-electron chi connectivity index (χ0n) is 31.9. The first kappa shape index (κ1) is 39.2. The number of nitrogens with one attached hydrogen (secondary N) is 1. The Morgan fingerprint density at radius 2 is 1.68 bits per heavy atom. The molecule has 7 rings (SSSR count). The van der Waals surface area contributed by atoms with Gasteiger partial charge < -0.3 is 24.8 Å². The highest BCUT2D eigenvalue weighted by Gasteiger charge is 2.36. The van der Waals surface area contributed by atoms with E-state index in [4.69, 9.17) is 37.7 Å². The van der Waals surface area contributed by atoms with Crippen LogP contribution in [0.2, 0.25) is 10.0 Å². The molecule has 0 spiro atoms. The molecule has 0 aliphatic carbocycles. The summed E-state index contributed by atoms with van der Waals surface area (Å²) >= 11 is 14.2. The summed E-state index contributed by atoms with van der Waals surface area (Å²) in [4.78, 5) is 51.8. The highest BCUT2D eigenvalue weighted by Crippen LogP contribution is 2.42. The van der Waals surface area contributed by atoms with Crippen LogP contribution < -0.4 is 15.6 Å². The number of methoxy groups -OCH3 is 1. The number of rotatable bonds is 10. The minimum absolute atomic E-state index is 0.0410. The van der Waals surface area contributed by atoms with Crippen molar-refractivity contribution in [3.8, 4) is 39.4 Å². The van der Waals surface area contributed by atoms with Gasteiger partial charge in [0.05, 0.1) is 40.6 Å². The molecule has 0 saturated carbocycles. The van der Waals surface area contributed by atoms with Crippen LogP contribution in [-0.2, 0) is 22.6 Å². The molecule has 292 valence electrons. The Labute approximate surface area is 335 Å². The second kappa shape index (κ2) is 15.5. The Morgan fingerprint density at radius 1 is 1.00 bits per heavy atom. The van der Waals surface area contributed by atoms with Gasteiger partial charge in [0, 0.05) is 78.9 Å². The van der Waals surface area contributed by atoms with Crippen LogP contribution in [0.3, 0.4) is 0 Å². The molecule has 12 nitrogen and oxygen atoms in total. The zero-order chi connectivity index (χ0) is 39.9. The van der Waals surface area contributed by atoms with Crippen molar-refractivity contribution in [3.05, 3.63) is 105 Å². The summed E-state index contributed by atoms with van der Waals surface area (Å²) in [6.07, 6.45) is 3.50. The molecule has 5 aromatic rings. The average molecular weight is 800 g/mol. The van der Waals surface area contributed by atoms with Crippen molar-refractivity contribution in [1.82, 2.24) is 29.5 Å². The van der Waals surface area contributed by atoms with Crippen LogP contribution in [0.1, 0.15) is 51.7 Å². The summed E-state index contributed by atoms with van der Waals surface area (Å²) in [5.41, 5.74) is 4.10. The third-order valence-corrected chi connectivity index (χ3v) is 10.7. The summed E-state index contributed by atoms with van der Waals surface area (Å²) in [5, 5.41) is 14.0. The Hall–Kier alpha value is -5.01. The lowest BCUT2D eigenvalue weighted by molar-refractivity contribution is -0.119. The van der Waals surface area contributed by atoms with Gasteiger partial charge in [0.25, 0.3) is 5.56 Å². The third kappa shape index (κ3) is 8.39. The van der Waals surface area contributed by atoms with Gasteiger partial charge in [0.1, 0.15) is 11.2 Å². The molecular formula is C42H44Cl2N6O6. The predicted molar refractivity (Wildman–Crippen MR) is 216 cm³/mol. The van der Waals surface area contributed by atoms with Crippen molar-refractivity contribution in [2.75, 3.05) is 26.7 Å². The number of ether oxygens (including phenoxy) is 2. The molecular weight excluding hydrogens is 755 g/mol. The number of β-amino-alcohol motifs (C(OH)–C–C–N with tert-alkyl or cyclic N) is 1. The quantitative estimate of drug-likeness (QED) is 0.153. The number of carbonyl (C=O) groups is 2. The number of hydrogen-bond donors (Lipinski definition) is 2. The van der Waals surface area contributed by atoms with E-state index < -0.39 is 17.3 Å². The molecule has 0 bridgehead atoms. The number of carbonyl (C=O) groups excluding carboxylic acids is 2. The Kier molecular flexibility index (Phi) is 10.9. The zero-order valence-corrected chi connectivity index (χ0v) is 33.4. The topological polar surface area (TPSA) is 139 Å². The van der Waals surface area contributed by atoms with Gasteiger partial charge in [0.15, 0.2) is 0 Å². The molecule has 2 aliphatic rings. The van der Waals surface area contributed by atoms with Crippen molar-refractivity contribution in [3.63, 3.8) is 0 Å². The van der Waals surface area contributed by atoms with Gasteiger partial charge in [-0.1, -0.05) is 65.7 Å². The lowest BCUT2D eigenvalue weighted by Gasteiger charge is -2.44. The Morgan fingerprint density at radius 3 is 2.32 bits per heavy atom. The van der Waals surface area contributed by atoms with E-state index in [9.17, 15) is 19.5 Å². The summed E-state index contributed by atoms with van der Waals surface area (Å²) < 4.78 is 12.7. The summed E-state index contributed by atoms with van der Waals surface area (Å²) in [7, 11) is 1.59. The van der Waals surface area contributed by atoms with Gasteiger partial charge in [-0.15, -0.1) is 0 Å². The molecule has 0 radical (unpaired) electrons. The molecule has 2 saturated heterocycles. The van der Waals surface area contributed by atoms with Crippen molar-refractivity contribution >= 4 is 40.8 Å². The van der Waals surface area contributed by atoms with Crippen LogP contribution in [0, 0.1) is 0 Å². The van der Waals surface area contributed by atoms with Gasteiger partial charge in [-0.3, -0.25) is 18.9 Å². The van der Waals surface area contributed by atoms with Gasteiger partial charge in [-0.05, 0) is 57.9 Å². The van der Waals surface area contributed by atoms with Gasteiger partial charge in [-0.2, -0.15) is 0 Å². The van der Waals surface area contributed by atoms with Crippen molar-refractivity contribution in [1.29, 1.82) is 0 Å². The second-order valence-electron chi connectivity index (χ2n) is 15.7. The van der Waals surface area contributed by atoms with Crippen LogP contribution in [-0.4, -0.2) is 85.3 Å². The fraction of sp³-hybridized carbons (Fsp3) is 0.357. The fourth-order valence-electron chi connectivity index (χ4n) is 7.29. The maximum absolute atomic E-state index is 13.8. The molecule has 1 atom stereocenters. The lowest BCUT2D eigenvalue weighted by Crippen LogP contribution is -2.59. The summed E-state index contributed by atoms with van der Waals surface area (Å²) in [6, 6.07) is 18.6. The number of benzene rings is 2. The van der Waals surface area contributed by atoms with Crippen molar-refractivity contribution in [2.24, 2.45) is 0 Å². The summed E-state index contributed by atoms with van der Waals surface area (Å²) in [6.45, 7) is 9.08. The maximum Gasteiger partial charge on any atom is 0.410 e. The van der Waals surface area contributed by atoms with Gasteiger partial charge >= 0.3 is 6.09 Å². The molecule has 2 amide bonds. The average Bonchev–Trinajstić information content (AvgIpc) is 3.55. The predicted octanol–water partition coefficient (Wildman–Crippen LogP) is 6.99. The molecule has 2 aromatic carbocycles. The van der Waals surface area contributed by atoms with Crippen LogP contribution >= 0.6 is 23.2 Å².